The van der Waals surface area contributed by atoms with E-state index in [2.05, 4.69) is 0 Å². The van der Waals surface area contributed by atoms with Crippen LogP contribution in [0.2, 0.25) is 5.02 Å². The maximum atomic E-state index is 13.8. The highest BCUT2D eigenvalue weighted by Crippen LogP contribution is 2.21. The average molecular weight is 304 g/mol. The smallest absolute Gasteiger partial charge is 0.335 e. The van der Waals surface area contributed by atoms with Gasteiger partial charge in [-0.05, 0) is 41.8 Å². The minimum atomic E-state index is -0.987. The second-order valence-electron chi connectivity index (χ2n) is 4.76. The fraction of sp³-hybridized carbons (Fsp3) is 0.0625. The zero-order chi connectivity index (χ0) is 15.0. The van der Waals surface area contributed by atoms with Crippen molar-refractivity contribution in [1.29, 1.82) is 0 Å². The van der Waals surface area contributed by atoms with Crippen LogP contribution in [-0.2, 0) is 6.54 Å². The number of hydrogen-bond acceptors (Lipinski definition) is 1. The van der Waals surface area contributed by atoms with E-state index in [1.54, 1.807) is 35.0 Å². The Hall–Kier alpha value is -2.33. The number of rotatable bonds is 3. The molecule has 0 amide bonds. The van der Waals surface area contributed by atoms with E-state index in [0.717, 1.165) is 10.9 Å². The molecule has 0 fully saturated rings. The molecule has 0 saturated heterocycles. The minimum Gasteiger partial charge on any atom is -0.478 e. The molecule has 0 radical (unpaired) electrons. The summed E-state index contributed by atoms with van der Waals surface area (Å²) in [6, 6.07) is 11.1. The van der Waals surface area contributed by atoms with Crippen molar-refractivity contribution in [1.82, 2.24) is 4.57 Å². The molecule has 0 saturated carbocycles. The third-order valence-corrected chi connectivity index (χ3v) is 3.60. The van der Waals surface area contributed by atoms with E-state index >= 15 is 0 Å². The van der Waals surface area contributed by atoms with Gasteiger partial charge in [0.15, 0.2) is 0 Å². The summed E-state index contributed by atoms with van der Waals surface area (Å²) in [7, 11) is 0. The van der Waals surface area contributed by atoms with Crippen molar-refractivity contribution in [3.63, 3.8) is 0 Å². The third kappa shape index (κ3) is 2.62. The molecule has 0 aliphatic carbocycles. The summed E-state index contributed by atoms with van der Waals surface area (Å²) in [5, 5.41) is 10.4. The summed E-state index contributed by atoms with van der Waals surface area (Å²) < 4.78 is 15.6. The molecule has 0 spiro atoms. The number of hydrogen-bond donors (Lipinski definition) is 1. The number of carboxylic acids is 1. The molecule has 3 rings (SSSR count). The van der Waals surface area contributed by atoms with E-state index in [1.807, 2.05) is 6.07 Å². The van der Waals surface area contributed by atoms with E-state index in [-0.39, 0.29) is 11.4 Å². The predicted octanol–water partition coefficient (Wildman–Crippen LogP) is 4.18. The molecule has 0 atom stereocenters. The van der Waals surface area contributed by atoms with Gasteiger partial charge in [0.1, 0.15) is 5.82 Å². The van der Waals surface area contributed by atoms with Crippen molar-refractivity contribution in [2.45, 2.75) is 6.54 Å². The number of benzene rings is 2. The molecule has 0 bridgehead atoms. The maximum absolute atomic E-state index is 13.8. The van der Waals surface area contributed by atoms with Gasteiger partial charge in [-0.15, -0.1) is 0 Å². The zero-order valence-corrected chi connectivity index (χ0v) is 11.6. The highest BCUT2D eigenvalue weighted by atomic mass is 35.5. The Morgan fingerprint density at radius 1 is 1.19 bits per heavy atom. The average Bonchev–Trinajstić information content (AvgIpc) is 2.85. The maximum Gasteiger partial charge on any atom is 0.335 e. The van der Waals surface area contributed by atoms with Crippen LogP contribution in [0.15, 0.2) is 48.7 Å². The number of carboxylic acid groups (broad SMARTS) is 1. The number of carbonyl (C=O) groups is 1. The third-order valence-electron chi connectivity index (χ3n) is 3.37. The van der Waals surface area contributed by atoms with E-state index in [4.69, 9.17) is 16.7 Å². The predicted molar refractivity (Wildman–Crippen MR) is 79.4 cm³/mol. The molecular formula is C16H11ClFNO2. The lowest BCUT2D eigenvalue weighted by Gasteiger charge is -2.08. The van der Waals surface area contributed by atoms with Crippen molar-refractivity contribution in [2.75, 3.05) is 0 Å². The van der Waals surface area contributed by atoms with E-state index < -0.39 is 5.97 Å². The normalized spacial score (nSPS) is 11.0. The van der Waals surface area contributed by atoms with Gasteiger partial charge in [-0.1, -0.05) is 17.7 Å². The molecule has 0 aliphatic heterocycles. The Bertz CT molecular complexity index is 841. The number of fused-ring (bicyclic) bond motifs is 1. The van der Waals surface area contributed by atoms with Crippen LogP contribution in [-0.4, -0.2) is 15.6 Å². The first-order valence-corrected chi connectivity index (χ1v) is 6.68. The van der Waals surface area contributed by atoms with Crippen LogP contribution in [0, 0.1) is 5.82 Å². The van der Waals surface area contributed by atoms with Crippen LogP contribution in [0.3, 0.4) is 0 Å². The quantitative estimate of drug-likeness (QED) is 0.788. The first-order valence-electron chi connectivity index (χ1n) is 6.31. The highest BCUT2D eigenvalue weighted by molar-refractivity contribution is 6.30. The van der Waals surface area contributed by atoms with Gasteiger partial charge in [0.05, 0.1) is 12.1 Å². The molecule has 1 N–H and O–H groups in total. The summed E-state index contributed by atoms with van der Waals surface area (Å²) in [6.07, 6.45) is 1.80. The molecule has 0 unspecified atom stereocenters. The minimum absolute atomic E-state index is 0.203. The fourth-order valence-electron chi connectivity index (χ4n) is 2.30. The van der Waals surface area contributed by atoms with Crippen LogP contribution < -0.4 is 0 Å². The Morgan fingerprint density at radius 3 is 2.76 bits per heavy atom. The first-order chi connectivity index (χ1) is 10.0. The molecule has 21 heavy (non-hydrogen) atoms. The monoisotopic (exact) mass is 303 g/mol. The van der Waals surface area contributed by atoms with E-state index in [1.165, 1.54) is 12.1 Å². The molecule has 0 aliphatic rings. The van der Waals surface area contributed by atoms with Crippen LogP contribution in [0.1, 0.15) is 15.9 Å². The van der Waals surface area contributed by atoms with Gasteiger partial charge in [-0.25, -0.2) is 9.18 Å². The Labute approximate surface area is 125 Å². The summed E-state index contributed by atoms with van der Waals surface area (Å²) in [4.78, 5) is 11.0. The van der Waals surface area contributed by atoms with Gasteiger partial charge in [0, 0.05) is 22.3 Å². The summed E-state index contributed by atoms with van der Waals surface area (Å²) in [6.45, 7) is 0.291. The van der Waals surface area contributed by atoms with Crippen molar-refractivity contribution in [3.05, 3.63) is 70.6 Å². The lowest BCUT2D eigenvalue weighted by Crippen LogP contribution is -2.02. The zero-order valence-electron chi connectivity index (χ0n) is 10.9. The van der Waals surface area contributed by atoms with E-state index in [9.17, 15) is 9.18 Å². The fourth-order valence-corrected chi connectivity index (χ4v) is 2.50. The molecule has 106 valence electrons. The SMILES string of the molecule is O=C(O)c1ccc2ccn(Cc3cc(Cl)ccc3F)c2c1. The van der Waals surface area contributed by atoms with Crippen LogP contribution >= 0.6 is 11.6 Å². The largest absolute Gasteiger partial charge is 0.478 e. The van der Waals surface area contributed by atoms with Crippen molar-refractivity contribution in [2.24, 2.45) is 0 Å². The molecule has 1 heterocycles. The summed E-state index contributed by atoms with van der Waals surface area (Å²) in [5.41, 5.74) is 1.41. The summed E-state index contributed by atoms with van der Waals surface area (Å²) >= 11 is 5.89. The van der Waals surface area contributed by atoms with Crippen LogP contribution in [0.25, 0.3) is 10.9 Å². The standard InChI is InChI=1S/C16H11ClFNO2/c17-13-3-4-14(18)12(7-13)9-19-6-5-10-1-2-11(16(20)21)8-15(10)19/h1-8H,9H2,(H,20,21). The number of aromatic carboxylic acids is 1. The van der Waals surface area contributed by atoms with Crippen LogP contribution in [0.4, 0.5) is 4.39 Å². The molecular weight excluding hydrogens is 293 g/mol. The Kier molecular flexibility index (Phi) is 3.39. The lowest BCUT2D eigenvalue weighted by atomic mass is 10.1. The first kappa shape index (κ1) is 13.6. The van der Waals surface area contributed by atoms with Gasteiger partial charge in [0.2, 0.25) is 0 Å². The second kappa shape index (κ2) is 5.22. The van der Waals surface area contributed by atoms with Gasteiger partial charge in [-0.2, -0.15) is 0 Å². The number of nitrogens with zero attached hydrogens (tertiary/aromatic N) is 1. The molecule has 1 aromatic heterocycles. The van der Waals surface area contributed by atoms with Crippen molar-refractivity contribution >= 4 is 28.5 Å². The molecule has 5 heteroatoms. The molecule has 3 nitrogen and oxygen atoms in total. The van der Waals surface area contributed by atoms with E-state index in [0.29, 0.717) is 17.1 Å². The number of halogens is 2. The number of aromatic nitrogens is 1. The van der Waals surface area contributed by atoms with Gasteiger partial charge in [-0.3, -0.25) is 0 Å². The van der Waals surface area contributed by atoms with Gasteiger partial charge < -0.3 is 9.67 Å². The second-order valence-corrected chi connectivity index (χ2v) is 5.19. The van der Waals surface area contributed by atoms with Crippen molar-refractivity contribution < 1.29 is 14.3 Å². The van der Waals surface area contributed by atoms with Crippen LogP contribution in [0.5, 0.6) is 0 Å². The Morgan fingerprint density at radius 2 is 2.00 bits per heavy atom. The summed E-state index contributed by atoms with van der Waals surface area (Å²) in [5.74, 6) is -1.32. The molecule has 2 aromatic carbocycles. The van der Waals surface area contributed by atoms with Gasteiger partial charge >= 0.3 is 5.97 Å². The Balaban J connectivity index is 2.06. The van der Waals surface area contributed by atoms with Crippen molar-refractivity contribution in [3.8, 4) is 0 Å². The topological polar surface area (TPSA) is 42.2 Å². The lowest BCUT2D eigenvalue weighted by molar-refractivity contribution is 0.0697. The van der Waals surface area contributed by atoms with Gasteiger partial charge in [0.25, 0.3) is 0 Å². The molecule has 3 aromatic rings. The highest BCUT2D eigenvalue weighted by Gasteiger charge is 2.09.